The van der Waals surface area contributed by atoms with Crippen LogP contribution < -0.4 is 5.32 Å². The van der Waals surface area contributed by atoms with Crippen molar-refractivity contribution in [1.29, 1.82) is 0 Å². The largest absolute Gasteiger partial charge is 0.460 e. The number of methoxy groups -OCH3 is 2. The summed E-state index contributed by atoms with van der Waals surface area (Å²) < 4.78 is 10.8. The first-order chi connectivity index (χ1) is 11.5. The Labute approximate surface area is 143 Å². The fourth-order valence-electron chi connectivity index (χ4n) is 3.47. The molecule has 6 nitrogen and oxygen atoms in total. The quantitative estimate of drug-likeness (QED) is 0.679. The molecule has 1 aromatic carbocycles. The van der Waals surface area contributed by atoms with Crippen LogP contribution >= 0.6 is 0 Å². The fraction of sp³-hybridized carbons (Fsp3) is 0.588. The molecule has 0 radical (unpaired) electrons. The number of benzene rings is 1. The summed E-state index contributed by atoms with van der Waals surface area (Å²) in [7, 11) is 1.49. The zero-order chi connectivity index (χ0) is 17.7. The molecule has 1 aliphatic carbocycles. The number of amides is 1. The molecule has 132 valence electrons. The van der Waals surface area contributed by atoms with Gasteiger partial charge in [-0.05, 0) is 25.3 Å². The molecule has 0 heterocycles. The van der Waals surface area contributed by atoms with Crippen molar-refractivity contribution >= 4 is 13.0 Å². The lowest BCUT2D eigenvalue weighted by atomic mass is 9.60. The number of hydrogen-bond acceptors (Lipinski definition) is 5. The molecule has 24 heavy (non-hydrogen) atoms. The Kier molecular flexibility index (Phi) is 6.80. The van der Waals surface area contributed by atoms with Crippen molar-refractivity contribution in [2.75, 3.05) is 14.2 Å². The Morgan fingerprint density at radius 1 is 1.17 bits per heavy atom. The van der Waals surface area contributed by atoms with E-state index in [1.165, 1.54) is 14.2 Å². The molecule has 0 aromatic heterocycles. The maximum absolute atomic E-state index is 12.6. The second-order valence-corrected chi connectivity index (χ2v) is 6.35. The standard InChI is InChI=1S/C17H26BNO5/c1-11(12-7-5-4-6-8-12)19-17(20)13-9-14(23-2)16(18(21)22)15(10-13)24-3/h4-8,11,13-16,21-22H,9-10H2,1-3H3,(H,19,20)/t11-,13?,14?,15?,16?/m1/s1. The second kappa shape index (κ2) is 8.62. The van der Waals surface area contributed by atoms with Gasteiger partial charge < -0.3 is 24.8 Å². The van der Waals surface area contributed by atoms with Crippen LogP contribution in [0.2, 0.25) is 5.82 Å². The van der Waals surface area contributed by atoms with Crippen molar-refractivity contribution in [3.8, 4) is 0 Å². The maximum Gasteiger partial charge on any atom is 0.460 e. The molecule has 0 spiro atoms. The number of nitrogens with one attached hydrogen (secondary N) is 1. The molecule has 1 saturated carbocycles. The zero-order valence-corrected chi connectivity index (χ0v) is 14.4. The monoisotopic (exact) mass is 335 g/mol. The van der Waals surface area contributed by atoms with Crippen LogP contribution in [0, 0.1) is 5.92 Å². The van der Waals surface area contributed by atoms with Crippen LogP contribution in [0.1, 0.15) is 31.4 Å². The Morgan fingerprint density at radius 3 is 2.17 bits per heavy atom. The van der Waals surface area contributed by atoms with E-state index in [-0.39, 0.29) is 17.9 Å². The van der Waals surface area contributed by atoms with Gasteiger partial charge in [-0.1, -0.05) is 30.3 Å². The molecule has 0 aliphatic heterocycles. The van der Waals surface area contributed by atoms with Crippen molar-refractivity contribution < 1.29 is 24.3 Å². The molecule has 1 aliphatic rings. The van der Waals surface area contributed by atoms with Gasteiger partial charge in [-0.3, -0.25) is 4.79 Å². The molecule has 1 amide bonds. The predicted octanol–water partition coefficient (Wildman–Crippen LogP) is 1.15. The summed E-state index contributed by atoms with van der Waals surface area (Å²) in [6.45, 7) is 1.94. The summed E-state index contributed by atoms with van der Waals surface area (Å²) in [5.74, 6) is -0.919. The highest BCUT2D eigenvalue weighted by molar-refractivity contribution is 6.43. The van der Waals surface area contributed by atoms with E-state index in [9.17, 15) is 14.8 Å². The van der Waals surface area contributed by atoms with E-state index < -0.39 is 25.1 Å². The van der Waals surface area contributed by atoms with Crippen molar-refractivity contribution in [2.24, 2.45) is 5.92 Å². The van der Waals surface area contributed by atoms with Gasteiger partial charge in [-0.25, -0.2) is 0 Å². The van der Waals surface area contributed by atoms with Crippen molar-refractivity contribution in [3.63, 3.8) is 0 Å². The third-order valence-electron chi connectivity index (χ3n) is 4.87. The predicted molar refractivity (Wildman–Crippen MR) is 91.3 cm³/mol. The maximum atomic E-state index is 12.6. The average molecular weight is 335 g/mol. The first-order valence-corrected chi connectivity index (χ1v) is 8.25. The van der Waals surface area contributed by atoms with E-state index in [4.69, 9.17) is 9.47 Å². The van der Waals surface area contributed by atoms with Gasteiger partial charge in [0.2, 0.25) is 5.91 Å². The summed E-state index contributed by atoms with van der Waals surface area (Å²) in [5, 5.41) is 22.2. The smallest absolute Gasteiger partial charge is 0.427 e. The van der Waals surface area contributed by atoms with E-state index in [1.807, 2.05) is 37.3 Å². The zero-order valence-electron chi connectivity index (χ0n) is 14.4. The van der Waals surface area contributed by atoms with Crippen molar-refractivity contribution in [3.05, 3.63) is 35.9 Å². The van der Waals surface area contributed by atoms with Gasteiger partial charge in [0, 0.05) is 26.0 Å². The van der Waals surface area contributed by atoms with Crippen LogP contribution in [0.15, 0.2) is 30.3 Å². The topological polar surface area (TPSA) is 88.0 Å². The first kappa shape index (κ1) is 18.9. The van der Waals surface area contributed by atoms with Crippen LogP contribution in [0.5, 0.6) is 0 Å². The summed E-state index contributed by atoms with van der Waals surface area (Å²) in [6.07, 6.45) is -0.00389. The number of ether oxygens (including phenoxy) is 2. The number of hydrogen-bond donors (Lipinski definition) is 3. The lowest BCUT2D eigenvalue weighted by Crippen LogP contribution is -2.49. The lowest BCUT2D eigenvalue weighted by Gasteiger charge is -2.39. The SMILES string of the molecule is COC1CC(C(=O)N[C@H](C)c2ccccc2)CC(OC)C1B(O)O. The molecule has 7 heteroatoms. The summed E-state index contributed by atoms with van der Waals surface area (Å²) in [5.41, 5.74) is 1.04. The van der Waals surface area contributed by atoms with Crippen LogP contribution in [-0.4, -0.2) is 49.5 Å². The molecule has 3 atom stereocenters. The first-order valence-electron chi connectivity index (χ1n) is 8.25. The molecule has 2 unspecified atom stereocenters. The highest BCUT2D eigenvalue weighted by Crippen LogP contribution is 2.38. The second-order valence-electron chi connectivity index (χ2n) is 6.35. The summed E-state index contributed by atoms with van der Waals surface area (Å²) in [4.78, 5) is 12.6. The number of carbonyl (C=O) groups excluding carboxylic acids is 1. The van der Waals surface area contributed by atoms with E-state index >= 15 is 0 Å². The molecular formula is C17H26BNO5. The van der Waals surface area contributed by atoms with Gasteiger partial charge in [-0.15, -0.1) is 0 Å². The van der Waals surface area contributed by atoms with Crippen LogP contribution in [0.3, 0.4) is 0 Å². The summed E-state index contributed by atoms with van der Waals surface area (Å²) >= 11 is 0. The number of carbonyl (C=O) groups is 1. The normalized spacial score (nSPS) is 28.2. The molecular weight excluding hydrogens is 309 g/mol. The Hall–Kier alpha value is -1.41. The van der Waals surface area contributed by atoms with Crippen LogP contribution in [-0.2, 0) is 14.3 Å². The lowest BCUT2D eigenvalue weighted by molar-refractivity contribution is -0.131. The molecule has 1 fully saturated rings. The van der Waals surface area contributed by atoms with Crippen LogP contribution in [0.25, 0.3) is 0 Å². The van der Waals surface area contributed by atoms with Gasteiger partial charge in [-0.2, -0.15) is 0 Å². The Bertz CT molecular complexity index is 513. The number of rotatable bonds is 6. The van der Waals surface area contributed by atoms with Gasteiger partial charge in [0.1, 0.15) is 0 Å². The van der Waals surface area contributed by atoms with Crippen LogP contribution in [0.4, 0.5) is 0 Å². The highest BCUT2D eigenvalue weighted by atomic mass is 16.5. The van der Waals surface area contributed by atoms with E-state index in [0.29, 0.717) is 12.8 Å². The highest BCUT2D eigenvalue weighted by Gasteiger charge is 2.46. The minimum atomic E-state index is -1.54. The summed E-state index contributed by atoms with van der Waals surface area (Å²) in [6, 6.07) is 9.66. The Morgan fingerprint density at radius 2 is 1.71 bits per heavy atom. The third-order valence-corrected chi connectivity index (χ3v) is 4.87. The molecule has 1 aromatic rings. The van der Waals surface area contributed by atoms with Gasteiger partial charge in [0.25, 0.3) is 0 Å². The molecule has 0 saturated heterocycles. The van der Waals surface area contributed by atoms with E-state index in [1.54, 1.807) is 0 Å². The van der Waals surface area contributed by atoms with E-state index in [2.05, 4.69) is 5.32 Å². The van der Waals surface area contributed by atoms with Crippen molar-refractivity contribution in [1.82, 2.24) is 5.32 Å². The minimum absolute atomic E-state index is 0.0682. The minimum Gasteiger partial charge on any atom is -0.427 e. The Balaban J connectivity index is 2.04. The molecule has 0 bridgehead atoms. The van der Waals surface area contributed by atoms with Gasteiger partial charge in [0.15, 0.2) is 0 Å². The molecule has 3 N–H and O–H groups in total. The van der Waals surface area contributed by atoms with E-state index in [0.717, 1.165) is 5.56 Å². The average Bonchev–Trinajstić information content (AvgIpc) is 2.60. The third kappa shape index (κ3) is 4.36. The van der Waals surface area contributed by atoms with Gasteiger partial charge in [0.05, 0.1) is 18.2 Å². The van der Waals surface area contributed by atoms with Crippen molar-refractivity contribution in [2.45, 2.75) is 43.8 Å². The fourth-order valence-corrected chi connectivity index (χ4v) is 3.47. The van der Waals surface area contributed by atoms with Gasteiger partial charge >= 0.3 is 7.12 Å². The molecule has 2 rings (SSSR count).